The third-order valence-electron chi connectivity index (χ3n) is 2.89. The monoisotopic (exact) mass is 291 g/mol. The number of H-pyrrole nitrogens is 1. The van der Waals surface area contributed by atoms with E-state index in [1.54, 1.807) is 24.3 Å². The Morgan fingerprint density at radius 1 is 1.29 bits per heavy atom. The van der Waals surface area contributed by atoms with E-state index in [0.29, 0.717) is 11.4 Å². The molecule has 0 atom stereocenters. The number of aromatic nitrogens is 2. The topological polar surface area (TPSA) is 113 Å². The van der Waals surface area contributed by atoms with Crippen molar-refractivity contribution in [1.29, 1.82) is 0 Å². The quantitative estimate of drug-likeness (QED) is 0.757. The number of anilines is 2. The molecule has 110 valence electrons. The zero-order valence-corrected chi connectivity index (χ0v) is 11.3. The van der Waals surface area contributed by atoms with Crippen LogP contribution in [0.2, 0.25) is 0 Å². The Labute approximate surface area is 118 Å². The summed E-state index contributed by atoms with van der Waals surface area (Å²) in [5.74, 6) is -0.759. The average molecular weight is 291 g/mol. The normalized spacial score (nSPS) is 10.2. The predicted octanol–water partition coefficient (Wildman–Crippen LogP) is 0.524. The van der Waals surface area contributed by atoms with Gasteiger partial charge in [-0.2, -0.15) is 0 Å². The molecule has 0 radical (unpaired) electrons. The number of hydrogen-bond donors (Lipinski definition) is 3. The first kappa shape index (κ1) is 14.4. The molecule has 1 heterocycles. The highest BCUT2D eigenvalue weighted by Crippen LogP contribution is 2.19. The number of carboxylic acids is 1. The van der Waals surface area contributed by atoms with Crippen molar-refractivity contribution < 1.29 is 14.6 Å². The van der Waals surface area contributed by atoms with Crippen LogP contribution in [0.3, 0.4) is 0 Å². The average Bonchev–Trinajstić information content (AvgIpc) is 2.45. The Morgan fingerprint density at radius 3 is 2.43 bits per heavy atom. The molecule has 0 aliphatic rings. The summed E-state index contributed by atoms with van der Waals surface area (Å²) in [4.78, 5) is 36.6. The number of nitrogens with zero attached hydrogens (tertiary/aromatic N) is 1. The summed E-state index contributed by atoms with van der Waals surface area (Å²) in [7, 11) is 2.78. The Balaban J connectivity index is 2.53. The lowest BCUT2D eigenvalue weighted by molar-refractivity contribution is 0.0685. The number of aromatic amines is 1. The van der Waals surface area contributed by atoms with Crippen LogP contribution in [0.5, 0.6) is 5.75 Å². The molecule has 0 amide bonds. The number of ether oxygens (including phenoxy) is 1. The van der Waals surface area contributed by atoms with Crippen molar-refractivity contribution in [3.63, 3.8) is 0 Å². The first-order chi connectivity index (χ1) is 9.93. The Bertz CT molecular complexity index is 789. The van der Waals surface area contributed by atoms with Crippen LogP contribution < -0.4 is 21.3 Å². The molecule has 3 N–H and O–H groups in total. The molecule has 0 aliphatic heterocycles. The molecule has 21 heavy (non-hydrogen) atoms. The Hall–Kier alpha value is -3.03. The van der Waals surface area contributed by atoms with Crippen LogP contribution in [-0.2, 0) is 7.05 Å². The van der Waals surface area contributed by atoms with E-state index in [9.17, 15) is 19.5 Å². The summed E-state index contributed by atoms with van der Waals surface area (Å²) in [6, 6.07) is 6.54. The number of hydrogen-bond acceptors (Lipinski definition) is 5. The predicted molar refractivity (Wildman–Crippen MR) is 75.5 cm³/mol. The van der Waals surface area contributed by atoms with Gasteiger partial charge in [0.1, 0.15) is 11.4 Å². The van der Waals surface area contributed by atoms with Gasteiger partial charge < -0.3 is 15.2 Å². The molecule has 0 fully saturated rings. The molecule has 0 bridgehead atoms. The number of nitrogens with one attached hydrogen (secondary N) is 2. The van der Waals surface area contributed by atoms with E-state index in [4.69, 9.17) is 4.74 Å². The highest BCUT2D eigenvalue weighted by molar-refractivity contribution is 5.92. The fraction of sp³-hybridized carbons (Fsp3) is 0.154. The van der Waals surface area contributed by atoms with Gasteiger partial charge in [0.2, 0.25) is 0 Å². The fourth-order valence-corrected chi connectivity index (χ4v) is 1.81. The lowest BCUT2D eigenvalue weighted by Crippen LogP contribution is -2.34. The molecule has 8 nitrogen and oxygen atoms in total. The Kier molecular flexibility index (Phi) is 3.79. The van der Waals surface area contributed by atoms with Crippen LogP contribution in [0.25, 0.3) is 0 Å². The number of carbonyl (C=O) groups is 1. The summed E-state index contributed by atoms with van der Waals surface area (Å²) >= 11 is 0. The van der Waals surface area contributed by atoms with Crippen molar-refractivity contribution in [3.8, 4) is 5.75 Å². The van der Waals surface area contributed by atoms with Gasteiger partial charge in [-0.05, 0) is 24.3 Å². The molecule has 2 aromatic rings. The SMILES string of the molecule is COc1ccc(Nc2c(C(=O)O)n(C)c(=O)[nH]c2=O)cc1. The summed E-state index contributed by atoms with van der Waals surface area (Å²) in [6.07, 6.45) is 0. The second-order valence-electron chi connectivity index (χ2n) is 4.20. The molecular formula is C13H13N3O5. The van der Waals surface area contributed by atoms with Gasteiger partial charge >= 0.3 is 11.7 Å². The largest absolute Gasteiger partial charge is 0.497 e. The van der Waals surface area contributed by atoms with Gasteiger partial charge in [-0.3, -0.25) is 14.3 Å². The minimum atomic E-state index is -1.38. The fourth-order valence-electron chi connectivity index (χ4n) is 1.81. The van der Waals surface area contributed by atoms with Crippen molar-refractivity contribution in [2.75, 3.05) is 12.4 Å². The van der Waals surface area contributed by atoms with Crippen molar-refractivity contribution >= 4 is 17.3 Å². The van der Waals surface area contributed by atoms with E-state index in [1.807, 2.05) is 4.98 Å². The molecule has 0 aliphatic carbocycles. The first-order valence-electron chi connectivity index (χ1n) is 5.91. The number of benzene rings is 1. The molecule has 8 heteroatoms. The van der Waals surface area contributed by atoms with Gasteiger partial charge in [-0.25, -0.2) is 9.59 Å². The van der Waals surface area contributed by atoms with E-state index in [0.717, 1.165) is 4.57 Å². The third-order valence-corrected chi connectivity index (χ3v) is 2.89. The number of carboxylic acid groups (broad SMARTS) is 1. The molecule has 0 unspecified atom stereocenters. The van der Waals surface area contributed by atoms with Crippen molar-refractivity contribution in [3.05, 3.63) is 50.8 Å². The maximum Gasteiger partial charge on any atom is 0.355 e. The lowest BCUT2D eigenvalue weighted by atomic mass is 10.2. The molecule has 1 aromatic carbocycles. The lowest BCUT2D eigenvalue weighted by Gasteiger charge is -2.11. The summed E-state index contributed by atoms with van der Waals surface area (Å²) in [5, 5.41) is 11.9. The van der Waals surface area contributed by atoms with Crippen LogP contribution in [0, 0.1) is 0 Å². The van der Waals surface area contributed by atoms with Gasteiger partial charge in [0.05, 0.1) is 7.11 Å². The number of rotatable bonds is 4. The number of methoxy groups -OCH3 is 1. The molecule has 2 rings (SSSR count). The van der Waals surface area contributed by atoms with Gasteiger partial charge in [-0.15, -0.1) is 0 Å². The van der Waals surface area contributed by atoms with Crippen LogP contribution >= 0.6 is 0 Å². The maximum absolute atomic E-state index is 11.8. The van der Waals surface area contributed by atoms with Crippen LogP contribution in [0.15, 0.2) is 33.9 Å². The van der Waals surface area contributed by atoms with Crippen LogP contribution in [0.4, 0.5) is 11.4 Å². The zero-order valence-electron chi connectivity index (χ0n) is 11.3. The summed E-state index contributed by atoms with van der Waals surface area (Å²) in [5.41, 5.74) is -1.74. The smallest absolute Gasteiger partial charge is 0.355 e. The van der Waals surface area contributed by atoms with Crippen molar-refractivity contribution in [2.24, 2.45) is 7.05 Å². The number of aromatic carboxylic acids is 1. The first-order valence-corrected chi connectivity index (χ1v) is 5.91. The van der Waals surface area contributed by atoms with E-state index < -0.39 is 22.9 Å². The maximum atomic E-state index is 11.8. The van der Waals surface area contributed by atoms with E-state index in [2.05, 4.69) is 5.32 Å². The highest BCUT2D eigenvalue weighted by atomic mass is 16.5. The minimum Gasteiger partial charge on any atom is -0.497 e. The van der Waals surface area contributed by atoms with Crippen LogP contribution in [0.1, 0.15) is 10.5 Å². The Morgan fingerprint density at radius 2 is 1.90 bits per heavy atom. The van der Waals surface area contributed by atoms with Crippen molar-refractivity contribution in [2.45, 2.75) is 0 Å². The van der Waals surface area contributed by atoms with Gasteiger partial charge in [0, 0.05) is 12.7 Å². The second-order valence-corrected chi connectivity index (χ2v) is 4.20. The summed E-state index contributed by atoms with van der Waals surface area (Å²) < 4.78 is 5.86. The standard InChI is InChI=1S/C13H13N3O5/c1-16-10(12(18)19)9(11(17)15-13(16)20)14-7-3-5-8(21-2)6-4-7/h3-6,14H,1-2H3,(H,18,19)(H,15,17,20). The molecule has 0 saturated heterocycles. The van der Waals surface area contributed by atoms with Crippen molar-refractivity contribution in [1.82, 2.24) is 9.55 Å². The second kappa shape index (κ2) is 5.53. The van der Waals surface area contributed by atoms with E-state index in [-0.39, 0.29) is 5.69 Å². The zero-order chi connectivity index (χ0) is 15.6. The van der Waals surface area contributed by atoms with Gasteiger partial charge in [0.25, 0.3) is 5.56 Å². The molecule has 1 aromatic heterocycles. The van der Waals surface area contributed by atoms with E-state index >= 15 is 0 Å². The molecular weight excluding hydrogens is 278 g/mol. The van der Waals surface area contributed by atoms with Gasteiger partial charge in [-0.1, -0.05) is 0 Å². The third kappa shape index (κ3) is 2.78. The summed E-state index contributed by atoms with van der Waals surface area (Å²) in [6.45, 7) is 0. The minimum absolute atomic E-state index is 0.213. The molecule has 0 saturated carbocycles. The molecule has 0 spiro atoms. The van der Waals surface area contributed by atoms with Crippen LogP contribution in [-0.4, -0.2) is 27.7 Å². The highest BCUT2D eigenvalue weighted by Gasteiger charge is 2.19. The van der Waals surface area contributed by atoms with E-state index in [1.165, 1.54) is 14.2 Å². The van der Waals surface area contributed by atoms with Gasteiger partial charge in [0.15, 0.2) is 5.69 Å².